The van der Waals surface area contributed by atoms with Crippen LogP contribution in [0.15, 0.2) is 0 Å². The summed E-state index contributed by atoms with van der Waals surface area (Å²) in [6, 6.07) is 0. The number of hydrogen-bond acceptors (Lipinski definition) is 1. The normalized spacial score (nSPS) is 39.0. The Kier molecular flexibility index (Phi) is 1.40. The van der Waals surface area contributed by atoms with E-state index in [-0.39, 0.29) is 5.91 Å². The fourth-order valence-electron chi connectivity index (χ4n) is 2.21. The Morgan fingerprint density at radius 2 is 2.10 bits per heavy atom. The van der Waals surface area contributed by atoms with Crippen LogP contribution in [-0.4, -0.2) is 12.5 Å². The molecular formula is C8H13NO. The third-order valence-corrected chi connectivity index (χ3v) is 2.83. The molecule has 1 N–H and O–H groups in total. The van der Waals surface area contributed by atoms with Gasteiger partial charge in [0, 0.05) is 13.0 Å². The lowest BCUT2D eigenvalue weighted by Gasteiger charge is -2.24. The molecule has 1 heterocycles. The molecule has 0 unspecified atom stereocenters. The second-order valence-electron chi connectivity index (χ2n) is 3.46. The van der Waals surface area contributed by atoms with Gasteiger partial charge in [0.25, 0.3) is 0 Å². The molecule has 2 heteroatoms. The predicted octanol–water partition coefficient (Wildman–Crippen LogP) is 0.923. The molecule has 0 radical (unpaired) electrons. The highest BCUT2D eigenvalue weighted by molar-refractivity contribution is 5.77. The highest BCUT2D eigenvalue weighted by atomic mass is 16.1. The van der Waals surface area contributed by atoms with E-state index in [1.165, 1.54) is 19.3 Å². The highest BCUT2D eigenvalue weighted by Crippen LogP contribution is 2.35. The van der Waals surface area contributed by atoms with Crippen LogP contribution in [0.5, 0.6) is 0 Å². The molecule has 1 saturated heterocycles. The molecule has 1 aliphatic heterocycles. The SMILES string of the molecule is O=C1C[C@@H]2CCC[C@@H]2CN1. The van der Waals surface area contributed by atoms with E-state index in [0.717, 1.165) is 24.8 Å². The molecule has 0 bridgehead atoms. The van der Waals surface area contributed by atoms with Crippen molar-refractivity contribution < 1.29 is 4.79 Å². The van der Waals surface area contributed by atoms with Crippen LogP contribution in [0.1, 0.15) is 25.7 Å². The minimum atomic E-state index is 0.267. The number of amides is 1. The van der Waals surface area contributed by atoms with E-state index in [4.69, 9.17) is 0 Å². The molecule has 0 aromatic heterocycles. The van der Waals surface area contributed by atoms with Gasteiger partial charge in [0.05, 0.1) is 0 Å². The minimum absolute atomic E-state index is 0.267. The van der Waals surface area contributed by atoms with Crippen LogP contribution in [0.3, 0.4) is 0 Å². The topological polar surface area (TPSA) is 29.1 Å². The van der Waals surface area contributed by atoms with Crippen molar-refractivity contribution in [3.05, 3.63) is 0 Å². The van der Waals surface area contributed by atoms with Crippen LogP contribution in [0.2, 0.25) is 0 Å². The first-order valence-electron chi connectivity index (χ1n) is 4.13. The molecule has 0 aromatic carbocycles. The highest BCUT2D eigenvalue weighted by Gasteiger charge is 2.32. The summed E-state index contributed by atoms with van der Waals surface area (Å²) in [5.41, 5.74) is 0. The molecule has 0 spiro atoms. The van der Waals surface area contributed by atoms with Crippen LogP contribution >= 0.6 is 0 Å². The largest absolute Gasteiger partial charge is 0.356 e. The van der Waals surface area contributed by atoms with Gasteiger partial charge in [-0.1, -0.05) is 6.42 Å². The van der Waals surface area contributed by atoms with Gasteiger partial charge < -0.3 is 5.32 Å². The molecule has 2 rings (SSSR count). The quantitative estimate of drug-likeness (QED) is 0.531. The van der Waals surface area contributed by atoms with Crippen molar-refractivity contribution in [1.29, 1.82) is 0 Å². The summed E-state index contributed by atoms with van der Waals surface area (Å²) in [6.45, 7) is 0.948. The molecule has 2 atom stereocenters. The zero-order valence-corrected chi connectivity index (χ0v) is 6.10. The Bertz CT molecular complexity index is 155. The molecule has 2 nitrogen and oxygen atoms in total. The summed E-state index contributed by atoms with van der Waals surface area (Å²) in [5, 5.41) is 2.91. The van der Waals surface area contributed by atoms with E-state index in [0.29, 0.717) is 0 Å². The van der Waals surface area contributed by atoms with E-state index in [9.17, 15) is 4.79 Å². The van der Waals surface area contributed by atoms with Gasteiger partial charge in [-0.15, -0.1) is 0 Å². The van der Waals surface area contributed by atoms with E-state index < -0.39 is 0 Å². The molecule has 0 aromatic rings. The number of carbonyl (C=O) groups is 1. The molecule has 56 valence electrons. The van der Waals surface area contributed by atoms with Gasteiger partial charge in [-0.25, -0.2) is 0 Å². The lowest BCUT2D eigenvalue weighted by Crippen LogP contribution is -2.38. The van der Waals surface area contributed by atoms with Gasteiger partial charge in [0.15, 0.2) is 0 Å². The summed E-state index contributed by atoms with van der Waals surface area (Å²) < 4.78 is 0. The van der Waals surface area contributed by atoms with Crippen LogP contribution in [0.4, 0.5) is 0 Å². The number of rotatable bonds is 0. The average Bonchev–Trinajstić information content (AvgIpc) is 2.33. The Balaban J connectivity index is 2.03. The van der Waals surface area contributed by atoms with Gasteiger partial charge in [-0.2, -0.15) is 0 Å². The molecule has 2 aliphatic rings. The van der Waals surface area contributed by atoms with Crippen LogP contribution in [0, 0.1) is 11.8 Å². The van der Waals surface area contributed by atoms with Crippen molar-refractivity contribution in [2.45, 2.75) is 25.7 Å². The zero-order valence-electron chi connectivity index (χ0n) is 6.10. The standard InChI is InChI=1S/C8H13NO/c10-8-4-6-2-1-3-7(6)5-9-8/h6-7H,1-5H2,(H,9,10)/t6-,7+/m0/s1. The number of carbonyl (C=O) groups excluding carboxylic acids is 1. The van der Waals surface area contributed by atoms with E-state index in [1.807, 2.05) is 0 Å². The molecule has 2 fully saturated rings. The second-order valence-corrected chi connectivity index (χ2v) is 3.46. The first-order chi connectivity index (χ1) is 4.86. The average molecular weight is 139 g/mol. The first-order valence-corrected chi connectivity index (χ1v) is 4.13. The van der Waals surface area contributed by atoms with Crippen molar-refractivity contribution in [1.82, 2.24) is 5.32 Å². The summed E-state index contributed by atoms with van der Waals surface area (Å²) >= 11 is 0. The van der Waals surface area contributed by atoms with Gasteiger partial charge in [-0.05, 0) is 24.7 Å². The van der Waals surface area contributed by atoms with Gasteiger partial charge in [0.2, 0.25) is 5.91 Å². The van der Waals surface area contributed by atoms with Gasteiger partial charge >= 0.3 is 0 Å². The summed E-state index contributed by atoms with van der Waals surface area (Å²) in [6.07, 6.45) is 4.76. The Morgan fingerprint density at radius 3 is 3.00 bits per heavy atom. The maximum atomic E-state index is 10.9. The fraction of sp³-hybridized carbons (Fsp3) is 0.875. The lowest BCUT2D eigenvalue weighted by atomic mass is 9.89. The Morgan fingerprint density at radius 1 is 1.30 bits per heavy atom. The maximum Gasteiger partial charge on any atom is 0.220 e. The van der Waals surface area contributed by atoms with Crippen LogP contribution in [0.25, 0.3) is 0 Å². The van der Waals surface area contributed by atoms with E-state index >= 15 is 0 Å². The molecule has 1 amide bonds. The van der Waals surface area contributed by atoms with Crippen molar-refractivity contribution in [2.75, 3.05) is 6.54 Å². The Labute approximate surface area is 61.0 Å². The van der Waals surface area contributed by atoms with E-state index in [2.05, 4.69) is 5.32 Å². The predicted molar refractivity (Wildman–Crippen MR) is 38.5 cm³/mol. The fourth-order valence-corrected chi connectivity index (χ4v) is 2.21. The van der Waals surface area contributed by atoms with Gasteiger partial charge in [-0.3, -0.25) is 4.79 Å². The van der Waals surface area contributed by atoms with Crippen molar-refractivity contribution in [2.24, 2.45) is 11.8 Å². The summed E-state index contributed by atoms with van der Waals surface area (Å²) in [5.74, 6) is 1.81. The lowest BCUT2D eigenvalue weighted by molar-refractivity contribution is -0.124. The van der Waals surface area contributed by atoms with Crippen LogP contribution < -0.4 is 5.32 Å². The van der Waals surface area contributed by atoms with Crippen LogP contribution in [-0.2, 0) is 4.79 Å². The molecule has 1 saturated carbocycles. The monoisotopic (exact) mass is 139 g/mol. The number of hydrogen-bond donors (Lipinski definition) is 1. The molecule has 10 heavy (non-hydrogen) atoms. The van der Waals surface area contributed by atoms with Crippen molar-refractivity contribution in [3.8, 4) is 0 Å². The first kappa shape index (κ1) is 6.20. The molecule has 1 aliphatic carbocycles. The Hall–Kier alpha value is -0.530. The van der Waals surface area contributed by atoms with E-state index in [1.54, 1.807) is 0 Å². The third kappa shape index (κ3) is 0.917. The number of nitrogens with one attached hydrogen (secondary N) is 1. The second kappa shape index (κ2) is 2.26. The minimum Gasteiger partial charge on any atom is -0.356 e. The molecular weight excluding hydrogens is 126 g/mol. The maximum absolute atomic E-state index is 10.9. The number of fused-ring (bicyclic) bond motifs is 1. The van der Waals surface area contributed by atoms with Gasteiger partial charge in [0.1, 0.15) is 0 Å². The smallest absolute Gasteiger partial charge is 0.220 e. The van der Waals surface area contributed by atoms with Crippen molar-refractivity contribution >= 4 is 5.91 Å². The third-order valence-electron chi connectivity index (χ3n) is 2.83. The number of piperidine rings is 1. The van der Waals surface area contributed by atoms with Crippen molar-refractivity contribution in [3.63, 3.8) is 0 Å². The summed E-state index contributed by atoms with van der Waals surface area (Å²) in [4.78, 5) is 10.9. The summed E-state index contributed by atoms with van der Waals surface area (Å²) in [7, 11) is 0. The zero-order chi connectivity index (χ0) is 6.97.